The normalized spacial score (nSPS) is 13.1. The number of carbonyl (C=O) groups is 1. The second kappa shape index (κ2) is 4.80. The SMILES string of the molecule is CNC(=O)c1ncnc2c1CCCc1ccccc1-2. The van der Waals surface area contributed by atoms with Gasteiger partial charge in [0.25, 0.3) is 5.91 Å². The molecule has 2 aromatic rings. The van der Waals surface area contributed by atoms with Gasteiger partial charge in [-0.05, 0) is 24.8 Å². The van der Waals surface area contributed by atoms with Gasteiger partial charge in [-0.3, -0.25) is 4.79 Å². The molecule has 4 nitrogen and oxygen atoms in total. The zero-order valence-electron chi connectivity index (χ0n) is 10.8. The van der Waals surface area contributed by atoms with Crippen LogP contribution in [0.4, 0.5) is 0 Å². The summed E-state index contributed by atoms with van der Waals surface area (Å²) in [4.78, 5) is 20.5. The number of aromatic nitrogens is 2. The van der Waals surface area contributed by atoms with E-state index in [9.17, 15) is 4.79 Å². The van der Waals surface area contributed by atoms with Gasteiger partial charge < -0.3 is 5.32 Å². The lowest BCUT2D eigenvalue weighted by Crippen LogP contribution is -2.21. The third-order valence-electron chi connectivity index (χ3n) is 3.53. The zero-order chi connectivity index (χ0) is 13.2. The number of nitrogens with zero attached hydrogens (tertiary/aromatic N) is 2. The summed E-state index contributed by atoms with van der Waals surface area (Å²) in [5, 5.41) is 2.65. The Bertz CT molecular complexity index is 637. The highest BCUT2D eigenvalue weighted by Gasteiger charge is 2.21. The van der Waals surface area contributed by atoms with Crippen molar-refractivity contribution in [1.29, 1.82) is 0 Å². The standard InChI is InChI=1S/C15H15N3O/c1-16-15(19)14-12-8-4-6-10-5-2-3-7-11(10)13(12)17-9-18-14/h2-3,5,7,9H,4,6,8H2,1H3,(H,16,19). The van der Waals surface area contributed by atoms with Gasteiger partial charge in [0.05, 0.1) is 5.69 Å². The number of nitrogens with one attached hydrogen (secondary N) is 1. The first-order valence-corrected chi connectivity index (χ1v) is 6.45. The Balaban J connectivity index is 2.23. The predicted molar refractivity (Wildman–Crippen MR) is 72.9 cm³/mol. The Kier molecular flexibility index (Phi) is 2.99. The summed E-state index contributed by atoms with van der Waals surface area (Å²) in [7, 11) is 1.63. The van der Waals surface area contributed by atoms with Crippen LogP contribution in [-0.4, -0.2) is 22.9 Å². The minimum absolute atomic E-state index is 0.141. The first-order valence-electron chi connectivity index (χ1n) is 6.45. The highest BCUT2D eigenvalue weighted by molar-refractivity contribution is 5.95. The fourth-order valence-electron chi connectivity index (χ4n) is 2.62. The van der Waals surface area contributed by atoms with Crippen molar-refractivity contribution in [2.24, 2.45) is 0 Å². The van der Waals surface area contributed by atoms with E-state index in [1.165, 1.54) is 11.9 Å². The summed E-state index contributed by atoms with van der Waals surface area (Å²) >= 11 is 0. The molecule has 0 unspecified atom stereocenters. The van der Waals surface area contributed by atoms with Gasteiger partial charge in [-0.25, -0.2) is 9.97 Å². The molecule has 1 heterocycles. The number of carbonyl (C=O) groups excluding carboxylic acids is 1. The largest absolute Gasteiger partial charge is 0.354 e. The second-order valence-electron chi connectivity index (χ2n) is 4.64. The van der Waals surface area contributed by atoms with E-state index in [1.54, 1.807) is 7.05 Å². The van der Waals surface area contributed by atoms with Gasteiger partial charge in [0, 0.05) is 18.2 Å². The average molecular weight is 253 g/mol. The van der Waals surface area contributed by atoms with Crippen LogP contribution in [0.1, 0.15) is 28.0 Å². The maximum absolute atomic E-state index is 11.9. The van der Waals surface area contributed by atoms with E-state index in [0.29, 0.717) is 5.69 Å². The minimum Gasteiger partial charge on any atom is -0.354 e. The number of amides is 1. The molecule has 96 valence electrons. The molecule has 0 fully saturated rings. The number of hydrogen-bond donors (Lipinski definition) is 1. The van der Waals surface area contributed by atoms with Crippen molar-refractivity contribution >= 4 is 5.91 Å². The van der Waals surface area contributed by atoms with Gasteiger partial charge in [-0.2, -0.15) is 0 Å². The van der Waals surface area contributed by atoms with Crippen molar-refractivity contribution in [1.82, 2.24) is 15.3 Å². The molecule has 1 amide bonds. The van der Waals surface area contributed by atoms with Gasteiger partial charge in [-0.1, -0.05) is 24.3 Å². The molecular formula is C15H15N3O. The van der Waals surface area contributed by atoms with Crippen LogP contribution in [0.15, 0.2) is 30.6 Å². The summed E-state index contributed by atoms with van der Waals surface area (Å²) in [6, 6.07) is 8.26. The van der Waals surface area contributed by atoms with Crippen molar-refractivity contribution in [3.05, 3.63) is 47.4 Å². The Morgan fingerprint density at radius 3 is 2.89 bits per heavy atom. The smallest absolute Gasteiger partial charge is 0.270 e. The molecule has 0 aliphatic heterocycles. The molecule has 1 aromatic heterocycles. The Morgan fingerprint density at radius 2 is 2.05 bits per heavy atom. The highest BCUT2D eigenvalue weighted by atomic mass is 16.1. The van der Waals surface area contributed by atoms with Gasteiger partial charge in [-0.15, -0.1) is 0 Å². The lowest BCUT2D eigenvalue weighted by molar-refractivity contribution is 0.0957. The van der Waals surface area contributed by atoms with E-state index in [4.69, 9.17) is 0 Å². The van der Waals surface area contributed by atoms with Gasteiger partial charge >= 0.3 is 0 Å². The summed E-state index contributed by atoms with van der Waals surface area (Å²) in [5.41, 5.74) is 4.79. The third kappa shape index (κ3) is 1.99. The summed E-state index contributed by atoms with van der Waals surface area (Å²) in [5.74, 6) is -0.141. The second-order valence-corrected chi connectivity index (χ2v) is 4.64. The lowest BCUT2D eigenvalue weighted by atomic mass is 10.0. The molecule has 0 bridgehead atoms. The van der Waals surface area contributed by atoms with Crippen LogP contribution in [0.3, 0.4) is 0 Å². The summed E-state index contributed by atoms with van der Waals surface area (Å²) in [6.45, 7) is 0. The van der Waals surface area contributed by atoms with Gasteiger partial charge in [0.15, 0.2) is 0 Å². The Morgan fingerprint density at radius 1 is 1.21 bits per heavy atom. The molecule has 0 atom stereocenters. The van der Waals surface area contributed by atoms with Crippen LogP contribution >= 0.6 is 0 Å². The van der Waals surface area contributed by atoms with Crippen molar-refractivity contribution < 1.29 is 4.79 Å². The third-order valence-corrected chi connectivity index (χ3v) is 3.53. The highest BCUT2D eigenvalue weighted by Crippen LogP contribution is 2.31. The fourth-order valence-corrected chi connectivity index (χ4v) is 2.62. The monoisotopic (exact) mass is 253 g/mol. The molecule has 4 heteroatoms. The average Bonchev–Trinajstić information content (AvgIpc) is 2.65. The minimum atomic E-state index is -0.141. The van der Waals surface area contributed by atoms with Crippen LogP contribution in [0.2, 0.25) is 0 Å². The van der Waals surface area contributed by atoms with E-state index in [0.717, 1.165) is 36.1 Å². The van der Waals surface area contributed by atoms with Crippen molar-refractivity contribution in [3.8, 4) is 11.3 Å². The van der Waals surface area contributed by atoms with Gasteiger partial charge in [0.2, 0.25) is 0 Å². The molecule has 19 heavy (non-hydrogen) atoms. The van der Waals surface area contributed by atoms with Gasteiger partial charge in [0.1, 0.15) is 12.0 Å². The number of aryl methyl sites for hydroxylation is 1. The maximum Gasteiger partial charge on any atom is 0.270 e. The van der Waals surface area contributed by atoms with Crippen LogP contribution in [0.5, 0.6) is 0 Å². The molecule has 0 radical (unpaired) electrons. The quantitative estimate of drug-likeness (QED) is 0.845. The molecule has 1 aliphatic carbocycles. The summed E-state index contributed by atoms with van der Waals surface area (Å²) in [6.07, 6.45) is 4.35. The molecule has 0 saturated carbocycles. The Labute approximate surface area is 111 Å². The van der Waals surface area contributed by atoms with Crippen LogP contribution < -0.4 is 5.32 Å². The Hall–Kier alpha value is -2.23. The van der Waals surface area contributed by atoms with E-state index in [2.05, 4.69) is 27.4 Å². The first kappa shape index (κ1) is 11.8. The van der Waals surface area contributed by atoms with Crippen molar-refractivity contribution in [2.75, 3.05) is 7.05 Å². The summed E-state index contributed by atoms with van der Waals surface area (Å²) < 4.78 is 0. The van der Waals surface area contributed by atoms with Crippen molar-refractivity contribution in [2.45, 2.75) is 19.3 Å². The molecule has 1 aliphatic rings. The topological polar surface area (TPSA) is 54.9 Å². The first-order chi connectivity index (χ1) is 9.31. The fraction of sp³-hybridized carbons (Fsp3) is 0.267. The van der Waals surface area contributed by atoms with E-state index < -0.39 is 0 Å². The predicted octanol–water partition coefficient (Wildman–Crippen LogP) is 1.99. The number of benzene rings is 1. The van der Waals surface area contributed by atoms with Crippen LogP contribution in [-0.2, 0) is 12.8 Å². The number of fused-ring (bicyclic) bond motifs is 3. The lowest BCUT2D eigenvalue weighted by Gasteiger charge is -2.10. The van der Waals surface area contributed by atoms with E-state index >= 15 is 0 Å². The van der Waals surface area contributed by atoms with E-state index in [-0.39, 0.29) is 5.91 Å². The molecule has 1 N–H and O–H groups in total. The molecule has 0 spiro atoms. The number of hydrogen-bond acceptors (Lipinski definition) is 3. The van der Waals surface area contributed by atoms with Crippen LogP contribution in [0, 0.1) is 0 Å². The van der Waals surface area contributed by atoms with E-state index in [1.807, 2.05) is 12.1 Å². The molecular weight excluding hydrogens is 238 g/mol. The maximum atomic E-state index is 11.9. The molecule has 1 aromatic carbocycles. The molecule has 0 saturated heterocycles. The number of rotatable bonds is 1. The zero-order valence-corrected chi connectivity index (χ0v) is 10.8. The van der Waals surface area contributed by atoms with Crippen LogP contribution in [0.25, 0.3) is 11.3 Å². The van der Waals surface area contributed by atoms with Crippen molar-refractivity contribution in [3.63, 3.8) is 0 Å². The molecule has 3 rings (SSSR count).